The lowest BCUT2D eigenvalue weighted by atomic mass is 9.77. The molecule has 2 aliphatic carbocycles. The summed E-state index contributed by atoms with van der Waals surface area (Å²) in [4.78, 5) is 2.40. The van der Waals surface area contributed by atoms with Gasteiger partial charge in [0.05, 0.1) is 0 Å². The van der Waals surface area contributed by atoms with Crippen molar-refractivity contribution < 1.29 is 0 Å². The second kappa shape index (κ2) is 12.4. The molecule has 0 atom stereocenters. The Hall–Kier alpha value is -7.74. The molecule has 0 saturated carbocycles. The van der Waals surface area contributed by atoms with Gasteiger partial charge in [-0.2, -0.15) is 0 Å². The Bertz CT molecular complexity index is 3310. The van der Waals surface area contributed by atoms with E-state index in [1.54, 1.807) is 0 Å². The lowest BCUT2D eigenvalue weighted by molar-refractivity contribution is 1.29. The highest BCUT2D eigenvalue weighted by molar-refractivity contribution is 6.14. The van der Waals surface area contributed by atoms with Gasteiger partial charge in [-0.1, -0.05) is 115 Å². The second-order valence-electron chi connectivity index (χ2n) is 16.2. The van der Waals surface area contributed by atoms with Gasteiger partial charge >= 0.3 is 0 Å². The molecule has 0 N–H and O–H groups in total. The first kappa shape index (κ1) is 32.4. The van der Waals surface area contributed by atoms with Crippen LogP contribution in [0.4, 0.5) is 17.1 Å². The smallest absolute Gasteiger partial charge is 0.0468 e. The van der Waals surface area contributed by atoms with Crippen molar-refractivity contribution in [1.82, 2.24) is 0 Å². The molecule has 0 unspecified atom stereocenters. The molecule has 1 nitrogen and oxygen atoms in total. The first-order valence-electron chi connectivity index (χ1n) is 20.5. The molecule has 0 bridgehead atoms. The summed E-state index contributed by atoms with van der Waals surface area (Å²) in [5, 5.41) is 10.1. The number of benzene rings is 11. The molecule has 0 fully saturated rings. The van der Waals surface area contributed by atoms with Gasteiger partial charge in [-0.25, -0.2) is 0 Å². The van der Waals surface area contributed by atoms with E-state index in [0.717, 1.165) is 17.1 Å². The fraction of sp³-hybridized carbons (Fsp3) is 0. The van der Waals surface area contributed by atoms with Gasteiger partial charge in [0, 0.05) is 17.1 Å². The molecule has 0 aromatic heterocycles. The number of hydrogen-bond acceptors (Lipinski definition) is 1. The van der Waals surface area contributed by atoms with Crippen molar-refractivity contribution in [2.24, 2.45) is 0 Å². The zero-order valence-electron chi connectivity index (χ0n) is 32.2. The van der Waals surface area contributed by atoms with Crippen LogP contribution in [0.15, 0.2) is 212 Å². The average molecular weight is 746 g/mol. The topological polar surface area (TPSA) is 3.24 Å². The lowest BCUT2D eigenvalue weighted by Crippen LogP contribution is -2.10. The van der Waals surface area contributed by atoms with E-state index in [9.17, 15) is 0 Å². The summed E-state index contributed by atoms with van der Waals surface area (Å²) < 4.78 is 0. The molecule has 11 aromatic rings. The third kappa shape index (κ3) is 5.05. The zero-order valence-corrected chi connectivity index (χ0v) is 32.2. The fourth-order valence-corrected chi connectivity index (χ4v) is 9.75. The molecule has 0 saturated heterocycles. The van der Waals surface area contributed by atoms with Gasteiger partial charge in [-0.15, -0.1) is 0 Å². The van der Waals surface area contributed by atoms with E-state index in [-0.39, 0.29) is 0 Å². The van der Waals surface area contributed by atoms with Crippen molar-refractivity contribution in [1.29, 1.82) is 0 Å². The van der Waals surface area contributed by atoms with Crippen LogP contribution in [0.2, 0.25) is 0 Å². The van der Waals surface area contributed by atoms with E-state index in [0.29, 0.717) is 0 Å². The number of fused-ring (bicyclic) bond motifs is 12. The molecular weight excluding hydrogens is 711 g/mol. The summed E-state index contributed by atoms with van der Waals surface area (Å²) in [7, 11) is 0. The highest BCUT2D eigenvalue weighted by atomic mass is 15.1. The van der Waals surface area contributed by atoms with Crippen LogP contribution in [0.3, 0.4) is 0 Å². The number of anilines is 3. The third-order valence-corrected chi connectivity index (χ3v) is 12.8. The van der Waals surface area contributed by atoms with Crippen LogP contribution in [0.5, 0.6) is 0 Å². The van der Waals surface area contributed by atoms with Crippen LogP contribution >= 0.6 is 0 Å². The van der Waals surface area contributed by atoms with E-state index in [1.165, 1.54) is 110 Å². The number of rotatable bonds is 5. The van der Waals surface area contributed by atoms with Gasteiger partial charge in [0.25, 0.3) is 0 Å². The molecule has 272 valence electrons. The molecule has 0 radical (unpaired) electrons. The van der Waals surface area contributed by atoms with Gasteiger partial charge in [0.1, 0.15) is 0 Å². The Labute approximate surface area is 342 Å². The summed E-state index contributed by atoms with van der Waals surface area (Å²) in [5.74, 6) is 0. The van der Waals surface area contributed by atoms with Crippen LogP contribution in [-0.4, -0.2) is 0 Å². The SMILES string of the molecule is c1ccc(-c2ccc3cc4c(cc3c2)-c2cc3ccc(N(c5ccccc5)c5ccc6cc7c(cc6c5)-c5cc6ccc(-c8ccccc8)cc6cc5-7)cc3cc2-4)cc1. The van der Waals surface area contributed by atoms with Crippen LogP contribution in [0.25, 0.3) is 110 Å². The van der Waals surface area contributed by atoms with Crippen molar-refractivity contribution in [2.45, 2.75) is 0 Å². The zero-order chi connectivity index (χ0) is 38.6. The average Bonchev–Trinajstić information content (AvgIpc) is 3.30. The first-order valence-corrected chi connectivity index (χ1v) is 20.5. The Morgan fingerprint density at radius 3 is 0.864 bits per heavy atom. The summed E-state index contributed by atoms with van der Waals surface area (Å²) in [6.07, 6.45) is 0. The maximum atomic E-state index is 2.40. The summed E-state index contributed by atoms with van der Waals surface area (Å²) in [6, 6.07) is 78.7. The molecule has 0 heterocycles. The molecule has 13 rings (SSSR count). The minimum absolute atomic E-state index is 1.14. The highest BCUT2D eigenvalue weighted by Gasteiger charge is 2.26. The van der Waals surface area contributed by atoms with Gasteiger partial charge in [0.15, 0.2) is 0 Å². The van der Waals surface area contributed by atoms with Gasteiger partial charge < -0.3 is 4.90 Å². The number of para-hydroxylation sites is 1. The standard InChI is InChI=1S/C58H35N/c1-4-10-36(11-5-1)38-16-18-40-28-51-55(32-44(40)24-38)53-30-42-20-22-49(26-46(42)34-57(51)53)59(48-14-8-3-9-15-48)50-23-21-43-31-54-56-33-45-25-39(37-12-6-2-7-13-37)17-19-41(45)29-52(56)58(54)35-47(43)27-50/h1-35H. The van der Waals surface area contributed by atoms with Crippen molar-refractivity contribution in [3.05, 3.63) is 212 Å². The normalized spacial score (nSPS) is 12.1. The second-order valence-corrected chi connectivity index (χ2v) is 16.2. The molecule has 2 aliphatic rings. The monoisotopic (exact) mass is 745 g/mol. The van der Waals surface area contributed by atoms with Crippen LogP contribution in [0, 0.1) is 0 Å². The van der Waals surface area contributed by atoms with Crippen molar-refractivity contribution in [2.75, 3.05) is 4.90 Å². The lowest BCUT2D eigenvalue weighted by Gasteiger charge is -2.29. The van der Waals surface area contributed by atoms with E-state index in [2.05, 4.69) is 217 Å². The summed E-state index contributed by atoms with van der Waals surface area (Å²) in [5.41, 5.74) is 19.1. The molecule has 11 aromatic carbocycles. The predicted octanol–water partition coefficient (Wildman–Crippen LogP) is 16.4. The Balaban J connectivity index is 0.866. The third-order valence-electron chi connectivity index (χ3n) is 12.8. The van der Waals surface area contributed by atoms with Gasteiger partial charge in [0.2, 0.25) is 0 Å². The van der Waals surface area contributed by atoms with Gasteiger partial charge in [-0.3, -0.25) is 0 Å². The summed E-state index contributed by atoms with van der Waals surface area (Å²) in [6.45, 7) is 0. The van der Waals surface area contributed by atoms with E-state index < -0.39 is 0 Å². The van der Waals surface area contributed by atoms with E-state index in [4.69, 9.17) is 0 Å². The molecule has 0 amide bonds. The molecule has 0 spiro atoms. The molecule has 0 aliphatic heterocycles. The quantitative estimate of drug-likeness (QED) is 0.170. The van der Waals surface area contributed by atoms with E-state index in [1.807, 2.05) is 0 Å². The fourth-order valence-electron chi connectivity index (χ4n) is 9.75. The first-order chi connectivity index (χ1) is 29.2. The molecular formula is C58H35N. The minimum atomic E-state index is 1.14. The van der Waals surface area contributed by atoms with Crippen LogP contribution in [-0.2, 0) is 0 Å². The van der Waals surface area contributed by atoms with Crippen molar-refractivity contribution >= 4 is 60.2 Å². The maximum Gasteiger partial charge on any atom is 0.0468 e. The molecule has 59 heavy (non-hydrogen) atoms. The molecule has 1 heteroatoms. The Morgan fingerprint density at radius 1 is 0.186 bits per heavy atom. The maximum absolute atomic E-state index is 2.40. The minimum Gasteiger partial charge on any atom is -0.310 e. The largest absolute Gasteiger partial charge is 0.310 e. The highest BCUT2D eigenvalue weighted by Crippen LogP contribution is 2.53. The van der Waals surface area contributed by atoms with Crippen molar-refractivity contribution in [3.8, 4) is 66.8 Å². The Morgan fingerprint density at radius 2 is 0.492 bits per heavy atom. The van der Waals surface area contributed by atoms with Crippen molar-refractivity contribution in [3.63, 3.8) is 0 Å². The Kier molecular flexibility index (Phi) is 6.79. The number of nitrogens with zero attached hydrogens (tertiary/aromatic N) is 1. The predicted molar refractivity (Wildman–Crippen MR) is 251 cm³/mol. The van der Waals surface area contributed by atoms with Crippen LogP contribution < -0.4 is 4.90 Å². The van der Waals surface area contributed by atoms with Crippen LogP contribution in [0.1, 0.15) is 0 Å². The van der Waals surface area contributed by atoms with Gasteiger partial charge in [-0.05, 0) is 207 Å². The summed E-state index contributed by atoms with van der Waals surface area (Å²) >= 11 is 0. The number of hydrogen-bond donors (Lipinski definition) is 0. The van der Waals surface area contributed by atoms with E-state index >= 15 is 0 Å².